The van der Waals surface area contributed by atoms with E-state index in [4.69, 9.17) is 14.2 Å². The van der Waals surface area contributed by atoms with E-state index in [-0.39, 0.29) is 29.9 Å². The van der Waals surface area contributed by atoms with Crippen molar-refractivity contribution < 1.29 is 22.6 Å². The normalized spacial score (nSPS) is 29.9. The summed E-state index contributed by atoms with van der Waals surface area (Å²) in [5.41, 5.74) is -0.172. The molecule has 0 radical (unpaired) electrons. The molecule has 7 nitrogen and oxygen atoms in total. The van der Waals surface area contributed by atoms with Crippen molar-refractivity contribution in [2.24, 2.45) is 0 Å². The third-order valence-electron chi connectivity index (χ3n) is 4.44. The number of rotatable bonds is 3. The van der Waals surface area contributed by atoms with E-state index in [0.717, 1.165) is 25.9 Å². The van der Waals surface area contributed by atoms with Gasteiger partial charge in [-0.1, -0.05) is 0 Å². The van der Waals surface area contributed by atoms with E-state index in [1.807, 2.05) is 0 Å². The fourth-order valence-corrected chi connectivity index (χ4v) is 4.79. The molecule has 1 unspecified atom stereocenters. The molecule has 9 heteroatoms. The minimum atomic E-state index is -3.29. The predicted octanol–water partition coefficient (Wildman–Crippen LogP) is -0.392. The molecule has 3 fully saturated rings. The zero-order valence-corrected chi connectivity index (χ0v) is 14.3. The highest BCUT2D eigenvalue weighted by Crippen LogP contribution is 2.29. The minimum Gasteiger partial charge on any atom is -0.376 e. The highest BCUT2D eigenvalue weighted by molar-refractivity contribution is 7.89. The largest absolute Gasteiger partial charge is 0.376 e. The van der Waals surface area contributed by atoms with Gasteiger partial charge in [-0.3, -0.25) is 0 Å². The van der Waals surface area contributed by atoms with Crippen LogP contribution in [0.15, 0.2) is 0 Å². The Labute approximate surface area is 138 Å². The quantitative estimate of drug-likeness (QED) is 0.742. The van der Waals surface area contributed by atoms with Crippen molar-refractivity contribution in [1.82, 2.24) is 9.62 Å². The van der Waals surface area contributed by atoms with Gasteiger partial charge in [0.2, 0.25) is 10.0 Å². The van der Waals surface area contributed by atoms with E-state index in [1.165, 1.54) is 0 Å². The average Bonchev–Trinajstić information content (AvgIpc) is 2.49. The van der Waals surface area contributed by atoms with Crippen LogP contribution >= 0.6 is 12.4 Å². The molecule has 0 saturated carbocycles. The Morgan fingerprint density at radius 1 is 1.18 bits per heavy atom. The molecule has 1 atom stereocenters. The molecule has 1 spiro atoms. The zero-order valence-electron chi connectivity index (χ0n) is 12.7. The highest BCUT2D eigenvalue weighted by Gasteiger charge is 2.40. The van der Waals surface area contributed by atoms with Crippen LogP contribution in [0.25, 0.3) is 0 Å². The van der Waals surface area contributed by atoms with Crippen molar-refractivity contribution in [1.29, 1.82) is 0 Å². The van der Waals surface area contributed by atoms with Gasteiger partial charge < -0.3 is 19.5 Å². The molecule has 3 aliphatic heterocycles. The summed E-state index contributed by atoms with van der Waals surface area (Å²) in [4.78, 5) is 0. The Hall–Kier alpha value is 0.0400. The number of sulfonamides is 1. The lowest BCUT2D eigenvalue weighted by Crippen LogP contribution is -2.57. The van der Waals surface area contributed by atoms with Gasteiger partial charge in [0.15, 0.2) is 0 Å². The molecule has 0 aliphatic carbocycles. The number of piperidine rings is 1. The fourth-order valence-electron chi connectivity index (χ4n) is 3.17. The summed E-state index contributed by atoms with van der Waals surface area (Å²) in [6, 6.07) is 0. The van der Waals surface area contributed by atoms with Crippen LogP contribution in [0.1, 0.15) is 12.8 Å². The summed E-state index contributed by atoms with van der Waals surface area (Å²) < 4.78 is 43.1. The maximum Gasteiger partial charge on any atom is 0.216 e. The summed E-state index contributed by atoms with van der Waals surface area (Å²) in [6.07, 6.45) is 1.16. The third kappa shape index (κ3) is 4.31. The molecule has 130 valence electrons. The Morgan fingerprint density at radius 3 is 2.55 bits per heavy atom. The van der Waals surface area contributed by atoms with Crippen LogP contribution < -0.4 is 5.32 Å². The summed E-state index contributed by atoms with van der Waals surface area (Å²) in [6.45, 7) is 4.85. The van der Waals surface area contributed by atoms with Crippen molar-refractivity contribution >= 4 is 22.4 Å². The van der Waals surface area contributed by atoms with Gasteiger partial charge in [0.1, 0.15) is 0 Å². The van der Waals surface area contributed by atoms with E-state index < -0.39 is 10.0 Å². The van der Waals surface area contributed by atoms with E-state index in [1.54, 1.807) is 4.31 Å². The molecule has 1 N–H and O–H groups in total. The van der Waals surface area contributed by atoms with E-state index in [2.05, 4.69) is 5.32 Å². The van der Waals surface area contributed by atoms with Crippen LogP contribution in [0.5, 0.6) is 0 Å². The Balaban J connectivity index is 0.00000176. The number of hydrogen-bond acceptors (Lipinski definition) is 6. The number of hydrogen-bond donors (Lipinski definition) is 1. The van der Waals surface area contributed by atoms with Gasteiger partial charge >= 0.3 is 0 Å². The Bertz CT molecular complexity index is 439. The van der Waals surface area contributed by atoms with Crippen molar-refractivity contribution in [3.63, 3.8) is 0 Å². The molecular formula is C13H25ClN2O5S. The Kier molecular flexibility index (Phi) is 6.47. The van der Waals surface area contributed by atoms with E-state index in [9.17, 15) is 8.42 Å². The van der Waals surface area contributed by atoms with E-state index >= 15 is 0 Å². The predicted molar refractivity (Wildman–Crippen MR) is 84.0 cm³/mol. The van der Waals surface area contributed by atoms with Gasteiger partial charge in [0.25, 0.3) is 0 Å². The van der Waals surface area contributed by atoms with Gasteiger partial charge in [-0.05, 0) is 12.8 Å². The number of nitrogens with zero attached hydrogens (tertiary/aromatic N) is 1. The number of morpholine rings is 1. The summed E-state index contributed by atoms with van der Waals surface area (Å²) in [7, 11) is -3.29. The number of halogens is 1. The van der Waals surface area contributed by atoms with Crippen molar-refractivity contribution in [3.05, 3.63) is 0 Å². The molecule has 0 bridgehead atoms. The minimum absolute atomic E-state index is 0. The molecule has 22 heavy (non-hydrogen) atoms. The van der Waals surface area contributed by atoms with Crippen LogP contribution in [-0.2, 0) is 24.2 Å². The first kappa shape index (κ1) is 18.4. The molecule has 3 heterocycles. The van der Waals surface area contributed by atoms with Crippen molar-refractivity contribution in [3.8, 4) is 0 Å². The van der Waals surface area contributed by atoms with Crippen LogP contribution in [0.2, 0.25) is 0 Å². The second kappa shape index (κ2) is 7.74. The topological polar surface area (TPSA) is 77.1 Å². The van der Waals surface area contributed by atoms with Crippen LogP contribution in [0.4, 0.5) is 0 Å². The SMILES string of the molecule is Cl.O=S(=O)(CC1COCCO1)N1CCC2(CC1)CNCCO2. The lowest BCUT2D eigenvalue weighted by molar-refractivity contribution is -0.0922. The first-order valence-corrected chi connectivity index (χ1v) is 9.22. The molecule has 3 rings (SSSR count). The number of nitrogens with one attached hydrogen (secondary N) is 1. The monoisotopic (exact) mass is 356 g/mol. The summed E-state index contributed by atoms with van der Waals surface area (Å²) >= 11 is 0. The summed E-state index contributed by atoms with van der Waals surface area (Å²) in [5, 5.41) is 3.34. The average molecular weight is 357 g/mol. The lowest BCUT2D eigenvalue weighted by Gasteiger charge is -2.43. The lowest BCUT2D eigenvalue weighted by atomic mass is 9.91. The van der Waals surface area contributed by atoms with Crippen molar-refractivity contribution in [2.75, 3.05) is 58.4 Å². The van der Waals surface area contributed by atoms with Crippen LogP contribution in [0, 0.1) is 0 Å². The van der Waals surface area contributed by atoms with E-state index in [0.29, 0.717) is 39.5 Å². The Morgan fingerprint density at radius 2 is 1.95 bits per heavy atom. The molecule has 0 aromatic rings. The van der Waals surface area contributed by atoms with Gasteiger partial charge in [-0.15, -0.1) is 12.4 Å². The third-order valence-corrected chi connectivity index (χ3v) is 6.39. The molecular weight excluding hydrogens is 332 g/mol. The maximum absolute atomic E-state index is 12.5. The molecule has 0 amide bonds. The molecule has 0 aromatic carbocycles. The summed E-state index contributed by atoms with van der Waals surface area (Å²) in [5.74, 6) is 0.0130. The maximum atomic E-state index is 12.5. The zero-order chi connectivity index (χ0) is 14.8. The van der Waals surface area contributed by atoms with Gasteiger partial charge in [0, 0.05) is 26.2 Å². The first-order valence-electron chi connectivity index (χ1n) is 7.62. The van der Waals surface area contributed by atoms with Crippen LogP contribution in [0.3, 0.4) is 0 Å². The smallest absolute Gasteiger partial charge is 0.216 e. The molecule has 3 saturated heterocycles. The fraction of sp³-hybridized carbons (Fsp3) is 1.00. The van der Waals surface area contributed by atoms with Gasteiger partial charge in [-0.25, -0.2) is 12.7 Å². The first-order chi connectivity index (χ1) is 10.1. The van der Waals surface area contributed by atoms with Gasteiger partial charge in [0.05, 0.1) is 43.9 Å². The molecule has 3 aliphatic rings. The van der Waals surface area contributed by atoms with Crippen LogP contribution in [-0.4, -0.2) is 82.8 Å². The standard InChI is InChI=1S/C13H24N2O5S.ClH/c16-21(17,10-12-9-18-7-8-19-12)15-4-1-13(2-5-15)11-14-3-6-20-13;/h12,14H,1-11H2;1H. The number of ether oxygens (including phenoxy) is 3. The second-order valence-corrected chi connectivity index (χ2v) is 7.97. The van der Waals surface area contributed by atoms with Gasteiger partial charge in [-0.2, -0.15) is 0 Å². The highest BCUT2D eigenvalue weighted by atomic mass is 35.5. The second-order valence-electron chi connectivity index (χ2n) is 5.95. The molecule has 0 aromatic heterocycles. The van der Waals surface area contributed by atoms with Crippen molar-refractivity contribution in [2.45, 2.75) is 24.5 Å².